The molecule has 3 rings (SSSR count). The Kier molecular flexibility index (Phi) is 9.54. The summed E-state index contributed by atoms with van der Waals surface area (Å²) < 4.78 is 30.9. The Balaban J connectivity index is 2.10. The van der Waals surface area contributed by atoms with Crippen molar-refractivity contribution in [3.8, 4) is 0 Å². The Labute approximate surface area is 219 Å². The van der Waals surface area contributed by atoms with E-state index < -0.39 is 32.3 Å². The maximum absolute atomic E-state index is 13.8. The lowest BCUT2D eigenvalue weighted by Crippen LogP contribution is -2.66. The van der Waals surface area contributed by atoms with E-state index in [0.717, 1.165) is 15.9 Å². The average molecular weight is 523 g/mol. The minimum atomic E-state index is -2.97. The van der Waals surface area contributed by atoms with Crippen molar-refractivity contribution in [1.82, 2.24) is 0 Å². The van der Waals surface area contributed by atoms with Gasteiger partial charge in [0.05, 0.1) is 13.2 Å². The van der Waals surface area contributed by atoms with Gasteiger partial charge < -0.3 is 13.9 Å². The third-order valence-electron chi connectivity index (χ3n) is 6.57. The zero-order valence-electron chi connectivity index (χ0n) is 22.1. The molecule has 3 aromatic carbocycles. The summed E-state index contributed by atoms with van der Waals surface area (Å²) in [7, 11) is -0.454. The number of halogens is 1. The van der Waals surface area contributed by atoms with E-state index >= 15 is 0 Å². The van der Waals surface area contributed by atoms with Gasteiger partial charge in [0, 0.05) is 13.5 Å². The summed E-state index contributed by atoms with van der Waals surface area (Å²) in [4.78, 5) is 25.0. The number of ether oxygens (including phenoxy) is 2. The second-order valence-electron chi connectivity index (χ2n) is 9.97. The molecule has 0 aliphatic carbocycles. The first-order valence-electron chi connectivity index (χ1n) is 12.3. The third kappa shape index (κ3) is 6.42. The minimum Gasteiger partial charge on any atom is -0.467 e. The molecule has 0 fully saturated rings. The van der Waals surface area contributed by atoms with Gasteiger partial charge in [-0.3, -0.25) is 4.79 Å². The number of carbonyl (C=O) groups is 2. The maximum Gasteiger partial charge on any atom is 0.342 e. The summed E-state index contributed by atoms with van der Waals surface area (Å²) >= 11 is 0. The Bertz CT molecular complexity index is 1120. The zero-order valence-corrected chi connectivity index (χ0v) is 23.1. The summed E-state index contributed by atoms with van der Waals surface area (Å²) in [5.41, 5.74) is 0.759. The smallest absolute Gasteiger partial charge is 0.342 e. The SMILES string of the molecule is COC(=O)C(OC)C(=O)CCC(O[Si](c1ccccc1)(c1ccccc1)C(C)(C)C)c1ccc(F)cc1. The zero-order chi connectivity index (χ0) is 27.1. The lowest BCUT2D eigenvalue weighted by molar-refractivity contribution is -0.157. The van der Waals surface area contributed by atoms with E-state index in [1.165, 1.54) is 26.4 Å². The van der Waals surface area contributed by atoms with Crippen LogP contribution in [0.2, 0.25) is 5.04 Å². The van der Waals surface area contributed by atoms with Crippen molar-refractivity contribution in [3.05, 3.63) is 96.3 Å². The van der Waals surface area contributed by atoms with Crippen LogP contribution < -0.4 is 10.4 Å². The van der Waals surface area contributed by atoms with Gasteiger partial charge in [-0.1, -0.05) is 93.6 Å². The molecule has 0 bridgehead atoms. The summed E-state index contributed by atoms with van der Waals surface area (Å²) in [6.45, 7) is 6.51. The summed E-state index contributed by atoms with van der Waals surface area (Å²) in [6.07, 6.45) is -1.53. The van der Waals surface area contributed by atoms with Crippen molar-refractivity contribution >= 4 is 30.4 Å². The first-order valence-corrected chi connectivity index (χ1v) is 14.2. The van der Waals surface area contributed by atoms with E-state index in [4.69, 9.17) is 13.9 Å². The number of rotatable bonds is 11. The van der Waals surface area contributed by atoms with Crippen LogP contribution in [0.25, 0.3) is 0 Å². The minimum absolute atomic E-state index is 0.0217. The van der Waals surface area contributed by atoms with Crippen LogP contribution in [0.4, 0.5) is 4.39 Å². The fraction of sp³-hybridized carbons (Fsp3) is 0.333. The lowest BCUT2D eigenvalue weighted by atomic mass is 10.0. The normalized spacial score (nSPS) is 13.6. The van der Waals surface area contributed by atoms with E-state index in [-0.39, 0.29) is 23.7 Å². The predicted octanol–water partition coefficient (Wildman–Crippen LogP) is 4.98. The number of ketones is 1. The van der Waals surface area contributed by atoms with Gasteiger partial charge in [0.25, 0.3) is 8.32 Å². The molecule has 0 radical (unpaired) electrons. The lowest BCUT2D eigenvalue weighted by Gasteiger charge is -2.45. The second kappa shape index (κ2) is 12.4. The molecular weight excluding hydrogens is 487 g/mol. The molecular formula is C30H35FO5Si. The molecule has 0 aromatic heterocycles. The van der Waals surface area contributed by atoms with Crippen molar-refractivity contribution in [1.29, 1.82) is 0 Å². The third-order valence-corrected chi connectivity index (χ3v) is 11.6. The van der Waals surface area contributed by atoms with E-state index in [1.54, 1.807) is 12.1 Å². The molecule has 37 heavy (non-hydrogen) atoms. The molecule has 3 aromatic rings. The van der Waals surface area contributed by atoms with Crippen LogP contribution in [-0.4, -0.2) is 40.4 Å². The molecule has 0 saturated heterocycles. The van der Waals surface area contributed by atoms with Crippen molar-refractivity contribution in [2.75, 3.05) is 14.2 Å². The molecule has 5 nitrogen and oxygen atoms in total. The van der Waals surface area contributed by atoms with Gasteiger partial charge in [0.15, 0.2) is 5.78 Å². The average Bonchev–Trinajstić information content (AvgIpc) is 2.90. The van der Waals surface area contributed by atoms with Crippen LogP contribution in [0.1, 0.15) is 45.3 Å². The fourth-order valence-corrected chi connectivity index (χ4v) is 9.44. The quantitative estimate of drug-likeness (QED) is 0.202. The Morgan fingerprint density at radius 3 is 1.78 bits per heavy atom. The molecule has 0 aliphatic rings. The highest BCUT2D eigenvalue weighted by atomic mass is 28.4. The molecule has 0 N–H and O–H groups in total. The largest absolute Gasteiger partial charge is 0.467 e. The number of esters is 1. The van der Waals surface area contributed by atoms with Crippen LogP contribution in [-0.2, 0) is 23.5 Å². The van der Waals surface area contributed by atoms with Gasteiger partial charge in [0.2, 0.25) is 6.10 Å². The number of hydrogen-bond acceptors (Lipinski definition) is 5. The number of benzene rings is 3. The molecule has 0 aliphatic heterocycles. The monoisotopic (exact) mass is 522 g/mol. The van der Waals surface area contributed by atoms with Gasteiger partial charge >= 0.3 is 5.97 Å². The molecule has 7 heteroatoms. The molecule has 2 unspecified atom stereocenters. The maximum atomic E-state index is 13.8. The van der Waals surface area contributed by atoms with Gasteiger partial charge in [-0.25, -0.2) is 9.18 Å². The molecule has 0 spiro atoms. The summed E-state index contributed by atoms with van der Waals surface area (Å²) in [5, 5.41) is 1.90. The number of carbonyl (C=O) groups excluding carboxylic acids is 2. The van der Waals surface area contributed by atoms with E-state index in [1.807, 2.05) is 36.4 Å². The van der Waals surface area contributed by atoms with Gasteiger partial charge in [-0.2, -0.15) is 0 Å². The molecule has 0 saturated carbocycles. The van der Waals surface area contributed by atoms with Crippen LogP contribution in [0.5, 0.6) is 0 Å². The highest BCUT2D eigenvalue weighted by Crippen LogP contribution is 2.41. The van der Waals surface area contributed by atoms with Crippen LogP contribution in [0, 0.1) is 5.82 Å². The highest BCUT2D eigenvalue weighted by molar-refractivity contribution is 6.99. The van der Waals surface area contributed by atoms with Crippen molar-refractivity contribution in [2.24, 2.45) is 0 Å². The molecule has 2 atom stereocenters. The molecule has 0 amide bonds. The number of Topliss-reactive ketones (excluding diaryl/α,β-unsaturated/α-hetero) is 1. The first kappa shape index (κ1) is 28.4. The molecule has 196 valence electrons. The standard InChI is InChI=1S/C30H35FO5Si/c1-30(2,3)37(24-12-8-6-9-13-24,25-14-10-7-11-15-25)36-27(22-16-18-23(31)19-17-22)21-20-26(32)28(34-4)29(33)35-5/h6-19,27-28H,20-21H2,1-5H3. The Hall–Kier alpha value is -3.13. The van der Waals surface area contributed by atoms with Crippen LogP contribution >= 0.6 is 0 Å². The van der Waals surface area contributed by atoms with Crippen molar-refractivity contribution < 1.29 is 27.9 Å². The van der Waals surface area contributed by atoms with Crippen molar-refractivity contribution in [3.63, 3.8) is 0 Å². The number of hydrogen-bond donors (Lipinski definition) is 0. The van der Waals surface area contributed by atoms with E-state index in [9.17, 15) is 14.0 Å². The Morgan fingerprint density at radius 2 is 1.35 bits per heavy atom. The second-order valence-corrected chi connectivity index (χ2v) is 14.2. The fourth-order valence-electron chi connectivity index (χ4n) is 4.75. The van der Waals surface area contributed by atoms with Gasteiger partial charge in [-0.15, -0.1) is 0 Å². The van der Waals surface area contributed by atoms with E-state index in [2.05, 4.69) is 45.0 Å². The number of methoxy groups -OCH3 is 2. The van der Waals surface area contributed by atoms with Gasteiger partial charge in [0.1, 0.15) is 5.82 Å². The summed E-state index contributed by atoms with van der Waals surface area (Å²) in [6, 6.07) is 26.5. The highest BCUT2D eigenvalue weighted by Gasteiger charge is 2.51. The molecule has 0 heterocycles. The first-order chi connectivity index (χ1) is 17.6. The van der Waals surface area contributed by atoms with Crippen LogP contribution in [0.15, 0.2) is 84.9 Å². The predicted molar refractivity (Wildman–Crippen MR) is 145 cm³/mol. The Morgan fingerprint density at radius 1 is 0.838 bits per heavy atom. The topological polar surface area (TPSA) is 61.8 Å². The van der Waals surface area contributed by atoms with Crippen LogP contribution in [0.3, 0.4) is 0 Å². The summed E-state index contributed by atoms with van der Waals surface area (Å²) in [5.74, 6) is -1.49. The van der Waals surface area contributed by atoms with Crippen molar-refractivity contribution in [2.45, 2.75) is 50.9 Å². The van der Waals surface area contributed by atoms with Gasteiger partial charge in [-0.05, 0) is 39.5 Å². The van der Waals surface area contributed by atoms with E-state index in [0.29, 0.717) is 0 Å².